The van der Waals surface area contributed by atoms with Crippen molar-refractivity contribution in [3.05, 3.63) is 57.7 Å². The summed E-state index contributed by atoms with van der Waals surface area (Å²) in [6.07, 6.45) is 0. The molecule has 7 nitrogen and oxygen atoms in total. The molecule has 1 aliphatic heterocycles. The van der Waals surface area contributed by atoms with Crippen molar-refractivity contribution >= 4 is 46.3 Å². The topological polar surface area (TPSA) is 77.1 Å². The average molecular weight is 451 g/mol. The minimum atomic E-state index is -0.479. The first kappa shape index (κ1) is 22.0. The van der Waals surface area contributed by atoms with E-state index in [0.717, 1.165) is 4.90 Å². The quantitative estimate of drug-likeness (QED) is 0.615. The standard InChI is InChI=1S/C21H20Cl2N2O5/c1-28-9-8-25-20(26)18(14-6-4-12(22)10-15(14)23)19(21(25)27)24-13-5-7-16(29-2)17(11-13)30-3/h4-7,10-11,24H,8-9H2,1-3H3. The highest BCUT2D eigenvalue weighted by atomic mass is 35.5. The van der Waals surface area contributed by atoms with Crippen LogP contribution in [0.1, 0.15) is 5.56 Å². The number of carbonyl (C=O) groups excluding carboxylic acids is 2. The second-order valence-electron chi connectivity index (χ2n) is 6.32. The highest BCUT2D eigenvalue weighted by Crippen LogP contribution is 2.36. The number of imide groups is 1. The maximum Gasteiger partial charge on any atom is 0.278 e. The number of halogens is 2. The number of anilines is 1. The van der Waals surface area contributed by atoms with Gasteiger partial charge in [-0.25, -0.2) is 0 Å². The van der Waals surface area contributed by atoms with E-state index in [-0.39, 0.29) is 29.4 Å². The van der Waals surface area contributed by atoms with Crippen LogP contribution in [0.2, 0.25) is 10.0 Å². The first-order valence-corrected chi connectivity index (χ1v) is 9.70. The van der Waals surface area contributed by atoms with E-state index in [4.69, 9.17) is 37.4 Å². The van der Waals surface area contributed by atoms with Gasteiger partial charge in [-0.05, 0) is 24.3 Å². The third kappa shape index (κ3) is 4.23. The Morgan fingerprint density at radius 2 is 1.67 bits per heavy atom. The van der Waals surface area contributed by atoms with Crippen molar-refractivity contribution in [1.29, 1.82) is 0 Å². The Morgan fingerprint density at radius 3 is 2.30 bits per heavy atom. The Kier molecular flexibility index (Phi) is 6.87. The number of hydrogen-bond donors (Lipinski definition) is 1. The van der Waals surface area contributed by atoms with Gasteiger partial charge in [0.05, 0.1) is 38.0 Å². The van der Waals surface area contributed by atoms with Crippen LogP contribution in [0.25, 0.3) is 5.57 Å². The maximum atomic E-state index is 13.1. The fourth-order valence-electron chi connectivity index (χ4n) is 3.08. The van der Waals surface area contributed by atoms with Gasteiger partial charge in [-0.1, -0.05) is 29.3 Å². The Hall–Kier alpha value is -2.74. The highest BCUT2D eigenvalue weighted by Gasteiger charge is 2.39. The molecule has 30 heavy (non-hydrogen) atoms. The van der Waals surface area contributed by atoms with E-state index in [1.165, 1.54) is 27.4 Å². The number of nitrogens with one attached hydrogen (secondary N) is 1. The summed E-state index contributed by atoms with van der Waals surface area (Å²) in [6, 6.07) is 9.82. The van der Waals surface area contributed by atoms with Crippen LogP contribution in [-0.4, -0.2) is 51.2 Å². The molecule has 0 aromatic heterocycles. The fourth-order valence-corrected chi connectivity index (χ4v) is 3.58. The molecule has 0 bridgehead atoms. The minimum Gasteiger partial charge on any atom is -0.493 e. The first-order chi connectivity index (χ1) is 14.4. The number of carbonyl (C=O) groups is 2. The van der Waals surface area contributed by atoms with Crippen molar-refractivity contribution in [1.82, 2.24) is 4.90 Å². The van der Waals surface area contributed by atoms with Crippen molar-refractivity contribution in [3.8, 4) is 11.5 Å². The Labute approximate surface area is 184 Å². The van der Waals surface area contributed by atoms with Gasteiger partial charge < -0.3 is 19.5 Å². The molecule has 3 rings (SSSR count). The highest BCUT2D eigenvalue weighted by molar-refractivity contribution is 6.41. The summed E-state index contributed by atoms with van der Waals surface area (Å²) in [6.45, 7) is 0.322. The predicted molar refractivity (Wildman–Crippen MR) is 115 cm³/mol. The van der Waals surface area contributed by atoms with Crippen LogP contribution < -0.4 is 14.8 Å². The molecule has 0 atom stereocenters. The summed E-state index contributed by atoms with van der Waals surface area (Å²) in [5.41, 5.74) is 1.21. The second-order valence-corrected chi connectivity index (χ2v) is 7.17. The van der Waals surface area contributed by atoms with Crippen LogP contribution in [0.5, 0.6) is 11.5 Å². The zero-order chi connectivity index (χ0) is 21.8. The molecule has 1 heterocycles. The summed E-state index contributed by atoms with van der Waals surface area (Å²) in [5.74, 6) is 0.0628. The van der Waals surface area contributed by atoms with E-state index >= 15 is 0 Å². The van der Waals surface area contributed by atoms with E-state index in [0.29, 0.717) is 27.8 Å². The average Bonchev–Trinajstić information content (AvgIpc) is 2.96. The third-order valence-corrected chi connectivity index (χ3v) is 5.09. The number of ether oxygens (including phenoxy) is 3. The van der Waals surface area contributed by atoms with Gasteiger partial charge in [0.25, 0.3) is 11.8 Å². The number of rotatable bonds is 8. The Bertz CT molecular complexity index is 1020. The Morgan fingerprint density at radius 1 is 0.933 bits per heavy atom. The van der Waals surface area contributed by atoms with Gasteiger partial charge in [0.2, 0.25) is 0 Å². The molecule has 2 aromatic rings. The molecule has 2 amide bonds. The molecule has 2 aromatic carbocycles. The fraction of sp³-hybridized carbons (Fsp3) is 0.238. The molecule has 9 heteroatoms. The molecule has 158 valence electrons. The van der Waals surface area contributed by atoms with E-state index in [1.54, 1.807) is 30.3 Å². The van der Waals surface area contributed by atoms with Gasteiger partial charge in [0.15, 0.2) is 11.5 Å². The summed E-state index contributed by atoms with van der Waals surface area (Å²) in [7, 11) is 4.54. The normalized spacial score (nSPS) is 13.8. The number of benzene rings is 2. The molecular formula is C21H20Cl2N2O5. The van der Waals surface area contributed by atoms with Crippen molar-refractivity contribution in [2.75, 3.05) is 39.8 Å². The lowest BCUT2D eigenvalue weighted by molar-refractivity contribution is -0.137. The molecule has 1 aliphatic rings. The number of amides is 2. The van der Waals surface area contributed by atoms with Crippen LogP contribution in [0.15, 0.2) is 42.1 Å². The lowest BCUT2D eigenvalue weighted by Gasteiger charge is -2.15. The predicted octanol–water partition coefficient (Wildman–Crippen LogP) is 3.85. The monoisotopic (exact) mass is 450 g/mol. The van der Waals surface area contributed by atoms with Gasteiger partial charge in [-0.2, -0.15) is 0 Å². The van der Waals surface area contributed by atoms with Crippen molar-refractivity contribution in [2.45, 2.75) is 0 Å². The molecule has 0 aliphatic carbocycles. The van der Waals surface area contributed by atoms with Crippen molar-refractivity contribution in [3.63, 3.8) is 0 Å². The zero-order valence-corrected chi connectivity index (χ0v) is 18.1. The second kappa shape index (κ2) is 9.38. The molecule has 0 saturated carbocycles. The van der Waals surface area contributed by atoms with E-state index in [9.17, 15) is 9.59 Å². The zero-order valence-electron chi connectivity index (χ0n) is 16.6. The van der Waals surface area contributed by atoms with E-state index in [2.05, 4.69) is 5.32 Å². The van der Waals surface area contributed by atoms with Gasteiger partial charge >= 0.3 is 0 Å². The molecule has 0 spiro atoms. The smallest absolute Gasteiger partial charge is 0.278 e. The SMILES string of the molecule is COCCN1C(=O)C(Nc2ccc(OC)c(OC)c2)=C(c2ccc(Cl)cc2Cl)C1=O. The van der Waals surface area contributed by atoms with Crippen LogP contribution in [0, 0.1) is 0 Å². The molecule has 0 saturated heterocycles. The van der Waals surface area contributed by atoms with Gasteiger partial charge in [0, 0.05) is 29.4 Å². The lowest BCUT2D eigenvalue weighted by Crippen LogP contribution is -2.35. The summed E-state index contributed by atoms with van der Waals surface area (Å²) >= 11 is 12.3. The molecule has 0 radical (unpaired) electrons. The molecule has 1 N–H and O–H groups in total. The summed E-state index contributed by atoms with van der Waals surface area (Å²) in [5, 5.41) is 3.73. The number of nitrogens with zero attached hydrogens (tertiary/aromatic N) is 1. The third-order valence-electron chi connectivity index (χ3n) is 4.54. The van der Waals surface area contributed by atoms with Gasteiger partial charge in [-0.3, -0.25) is 14.5 Å². The van der Waals surface area contributed by atoms with Crippen molar-refractivity contribution in [2.24, 2.45) is 0 Å². The van der Waals surface area contributed by atoms with Crippen LogP contribution in [-0.2, 0) is 14.3 Å². The van der Waals surface area contributed by atoms with Crippen LogP contribution >= 0.6 is 23.2 Å². The summed E-state index contributed by atoms with van der Waals surface area (Å²) in [4.78, 5) is 27.3. The molecule has 0 fully saturated rings. The lowest BCUT2D eigenvalue weighted by atomic mass is 10.0. The van der Waals surface area contributed by atoms with Crippen molar-refractivity contribution < 1.29 is 23.8 Å². The van der Waals surface area contributed by atoms with Crippen LogP contribution in [0.3, 0.4) is 0 Å². The van der Waals surface area contributed by atoms with E-state index in [1.807, 2.05) is 0 Å². The van der Waals surface area contributed by atoms with Crippen LogP contribution in [0.4, 0.5) is 5.69 Å². The van der Waals surface area contributed by atoms with E-state index < -0.39 is 11.8 Å². The Balaban J connectivity index is 2.08. The number of hydrogen-bond acceptors (Lipinski definition) is 6. The summed E-state index contributed by atoms with van der Waals surface area (Å²) < 4.78 is 15.6. The maximum absolute atomic E-state index is 13.1. The number of methoxy groups -OCH3 is 3. The molecular weight excluding hydrogens is 431 g/mol. The first-order valence-electron chi connectivity index (χ1n) is 8.95. The van der Waals surface area contributed by atoms with Gasteiger partial charge in [-0.15, -0.1) is 0 Å². The van der Waals surface area contributed by atoms with Gasteiger partial charge in [0.1, 0.15) is 5.70 Å². The molecule has 0 unspecified atom stereocenters. The minimum absolute atomic E-state index is 0.104. The largest absolute Gasteiger partial charge is 0.493 e.